The zero-order valence-electron chi connectivity index (χ0n) is 16.3. The van der Waals surface area contributed by atoms with Gasteiger partial charge >= 0.3 is 6.03 Å². The van der Waals surface area contributed by atoms with Gasteiger partial charge in [0.25, 0.3) is 5.91 Å². The van der Waals surface area contributed by atoms with Crippen molar-refractivity contribution < 1.29 is 14.4 Å². The third-order valence-electron chi connectivity index (χ3n) is 5.95. The molecule has 2 fully saturated rings. The second kappa shape index (κ2) is 6.57. The summed E-state index contributed by atoms with van der Waals surface area (Å²) in [6.07, 6.45) is 5.00. The van der Waals surface area contributed by atoms with Gasteiger partial charge in [-0.1, -0.05) is 19.8 Å². The van der Waals surface area contributed by atoms with Crippen molar-refractivity contribution in [3.05, 3.63) is 18.0 Å². The molecule has 2 aromatic rings. The fourth-order valence-corrected chi connectivity index (χ4v) is 4.36. The van der Waals surface area contributed by atoms with Crippen molar-refractivity contribution in [2.75, 3.05) is 11.9 Å². The second-order valence-corrected chi connectivity index (χ2v) is 7.79. The molecule has 4 amide bonds. The van der Waals surface area contributed by atoms with Gasteiger partial charge < -0.3 is 10.6 Å². The molecule has 2 N–H and O–H groups in total. The number of anilines is 1. The SMILES string of the molecule is Cc1nn(C)c2ncc(NC(=O)CN3C(=O)N[C@@]4(CCCC[C@H]4C)C3=O)cc12. The minimum absolute atomic E-state index is 0.0610. The molecule has 148 valence electrons. The molecule has 2 aliphatic rings. The van der Waals surface area contributed by atoms with Gasteiger partial charge in [-0.25, -0.2) is 9.78 Å². The van der Waals surface area contributed by atoms with E-state index in [1.807, 2.05) is 13.8 Å². The van der Waals surface area contributed by atoms with Crippen molar-refractivity contribution in [3.8, 4) is 0 Å². The standard InChI is InChI=1S/C19H24N6O3/c1-11-6-4-5-7-19(11)17(27)25(18(28)22-19)10-15(26)21-13-8-14-12(2)23-24(3)16(14)20-9-13/h8-9,11H,4-7,10H2,1-3H3,(H,21,26)(H,22,28)/t11-,19-/m1/s1. The predicted molar refractivity (Wildman–Crippen MR) is 102 cm³/mol. The number of carbonyl (C=O) groups excluding carboxylic acids is 3. The Morgan fingerprint density at radius 3 is 2.93 bits per heavy atom. The van der Waals surface area contributed by atoms with Crippen LogP contribution in [0.5, 0.6) is 0 Å². The molecule has 0 radical (unpaired) electrons. The van der Waals surface area contributed by atoms with Crippen LogP contribution in [0.25, 0.3) is 11.0 Å². The Morgan fingerprint density at radius 1 is 1.39 bits per heavy atom. The minimum Gasteiger partial charge on any atom is -0.323 e. The van der Waals surface area contributed by atoms with E-state index >= 15 is 0 Å². The number of nitrogens with one attached hydrogen (secondary N) is 2. The van der Waals surface area contributed by atoms with E-state index in [4.69, 9.17) is 0 Å². The molecular formula is C19H24N6O3. The first-order valence-corrected chi connectivity index (χ1v) is 9.55. The quantitative estimate of drug-likeness (QED) is 0.783. The summed E-state index contributed by atoms with van der Waals surface area (Å²) in [6, 6.07) is 1.30. The van der Waals surface area contributed by atoms with Gasteiger partial charge in [-0.2, -0.15) is 5.10 Å². The van der Waals surface area contributed by atoms with E-state index < -0.39 is 17.5 Å². The molecule has 28 heavy (non-hydrogen) atoms. The Labute approximate surface area is 162 Å². The normalized spacial score (nSPS) is 24.8. The number of imide groups is 1. The van der Waals surface area contributed by atoms with Gasteiger partial charge in [0.15, 0.2) is 5.65 Å². The summed E-state index contributed by atoms with van der Waals surface area (Å²) in [6.45, 7) is 3.54. The third-order valence-corrected chi connectivity index (χ3v) is 5.95. The van der Waals surface area contributed by atoms with Crippen LogP contribution in [0.1, 0.15) is 38.3 Å². The Hall–Kier alpha value is -2.97. The molecule has 1 aliphatic heterocycles. The van der Waals surface area contributed by atoms with E-state index in [9.17, 15) is 14.4 Å². The number of hydrogen-bond acceptors (Lipinski definition) is 5. The van der Waals surface area contributed by atoms with Crippen LogP contribution in [-0.4, -0.2) is 49.6 Å². The molecule has 1 spiro atoms. The van der Waals surface area contributed by atoms with Crippen LogP contribution >= 0.6 is 0 Å². The Kier molecular flexibility index (Phi) is 4.32. The van der Waals surface area contributed by atoms with Crippen molar-refractivity contribution >= 4 is 34.6 Å². The Morgan fingerprint density at radius 2 is 2.18 bits per heavy atom. The average Bonchev–Trinajstić information content (AvgIpc) is 3.06. The number of amides is 4. The lowest BCUT2D eigenvalue weighted by molar-refractivity contribution is -0.136. The number of carbonyl (C=O) groups is 3. The summed E-state index contributed by atoms with van der Waals surface area (Å²) < 4.78 is 1.67. The number of urea groups is 1. The molecule has 9 heteroatoms. The van der Waals surface area contributed by atoms with E-state index in [1.54, 1.807) is 17.8 Å². The largest absolute Gasteiger partial charge is 0.325 e. The fraction of sp³-hybridized carbons (Fsp3) is 0.526. The Balaban J connectivity index is 1.48. The Bertz CT molecular complexity index is 983. The highest BCUT2D eigenvalue weighted by molar-refractivity contribution is 6.10. The molecule has 2 atom stereocenters. The first-order valence-electron chi connectivity index (χ1n) is 9.55. The number of fused-ring (bicyclic) bond motifs is 1. The van der Waals surface area contributed by atoms with Gasteiger partial charge in [-0.15, -0.1) is 0 Å². The third kappa shape index (κ3) is 2.81. The summed E-state index contributed by atoms with van der Waals surface area (Å²) in [5, 5.41) is 10.7. The van der Waals surface area contributed by atoms with E-state index in [0.29, 0.717) is 12.1 Å². The number of hydrogen-bond donors (Lipinski definition) is 2. The topological polar surface area (TPSA) is 109 Å². The van der Waals surface area contributed by atoms with Crippen LogP contribution in [0.2, 0.25) is 0 Å². The van der Waals surface area contributed by atoms with Crippen LogP contribution in [0.3, 0.4) is 0 Å². The van der Waals surface area contributed by atoms with Crippen LogP contribution in [0.4, 0.5) is 10.5 Å². The number of aryl methyl sites for hydroxylation is 2. The molecule has 1 aliphatic carbocycles. The van der Waals surface area contributed by atoms with Gasteiger partial charge in [0, 0.05) is 12.4 Å². The first kappa shape index (κ1) is 18.4. The molecule has 4 rings (SSSR count). The summed E-state index contributed by atoms with van der Waals surface area (Å²) in [4.78, 5) is 43.2. The van der Waals surface area contributed by atoms with E-state index in [0.717, 1.165) is 40.9 Å². The maximum Gasteiger partial charge on any atom is 0.325 e. The van der Waals surface area contributed by atoms with Gasteiger partial charge in [0.1, 0.15) is 12.1 Å². The van der Waals surface area contributed by atoms with E-state index in [2.05, 4.69) is 20.7 Å². The van der Waals surface area contributed by atoms with Crippen molar-refractivity contribution in [1.29, 1.82) is 0 Å². The van der Waals surface area contributed by atoms with Gasteiger partial charge in [0.05, 0.1) is 17.6 Å². The predicted octanol–water partition coefficient (Wildman–Crippen LogP) is 1.72. The maximum absolute atomic E-state index is 13.0. The molecule has 0 unspecified atom stereocenters. The smallest absolute Gasteiger partial charge is 0.323 e. The van der Waals surface area contributed by atoms with E-state index in [1.165, 1.54) is 6.20 Å². The molecule has 2 aromatic heterocycles. The molecule has 3 heterocycles. The highest BCUT2D eigenvalue weighted by atomic mass is 16.2. The summed E-state index contributed by atoms with van der Waals surface area (Å²) >= 11 is 0. The second-order valence-electron chi connectivity index (χ2n) is 7.79. The molecule has 0 aromatic carbocycles. The first-order chi connectivity index (χ1) is 13.3. The number of pyridine rings is 1. The lowest BCUT2D eigenvalue weighted by Crippen LogP contribution is -2.54. The summed E-state index contributed by atoms with van der Waals surface area (Å²) in [7, 11) is 1.81. The maximum atomic E-state index is 13.0. The molecule has 1 saturated heterocycles. The minimum atomic E-state index is -0.858. The highest BCUT2D eigenvalue weighted by Gasteiger charge is 2.55. The van der Waals surface area contributed by atoms with Crippen LogP contribution in [0.15, 0.2) is 12.3 Å². The molecule has 1 saturated carbocycles. The molecular weight excluding hydrogens is 360 g/mol. The van der Waals surface area contributed by atoms with Crippen molar-refractivity contribution in [2.24, 2.45) is 13.0 Å². The fourth-order valence-electron chi connectivity index (χ4n) is 4.36. The number of rotatable bonds is 3. The lowest BCUT2D eigenvalue weighted by Gasteiger charge is -2.36. The molecule has 9 nitrogen and oxygen atoms in total. The number of nitrogens with zero attached hydrogens (tertiary/aromatic N) is 4. The van der Waals surface area contributed by atoms with E-state index in [-0.39, 0.29) is 18.4 Å². The van der Waals surface area contributed by atoms with Crippen molar-refractivity contribution in [3.63, 3.8) is 0 Å². The average molecular weight is 384 g/mol. The zero-order valence-corrected chi connectivity index (χ0v) is 16.3. The molecule has 0 bridgehead atoms. The number of aromatic nitrogens is 3. The highest BCUT2D eigenvalue weighted by Crippen LogP contribution is 2.38. The van der Waals surface area contributed by atoms with Gasteiger partial charge in [-0.3, -0.25) is 19.2 Å². The zero-order chi connectivity index (χ0) is 20.1. The van der Waals surface area contributed by atoms with Crippen molar-refractivity contribution in [2.45, 2.75) is 45.1 Å². The van der Waals surface area contributed by atoms with Gasteiger partial charge in [0.2, 0.25) is 5.91 Å². The van der Waals surface area contributed by atoms with Crippen molar-refractivity contribution in [1.82, 2.24) is 25.0 Å². The van der Waals surface area contributed by atoms with Crippen LogP contribution < -0.4 is 10.6 Å². The summed E-state index contributed by atoms with van der Waals surface area (Å²) in [5.41, 5.74) is 1.17. The van der Waals surface area contributed by atoms with Crippen LogP contribution in [0, 0.1) is 12.8 Å². The van der Waals surface area contributed by atoms with Crippen LogP contribution in [-0.2, 0) is 16.6 Å². The monoisotopic (exact) mass is 384 g/mol. The lowest BCUT2D eigenvalue weighted by atomic mass is 9.73. The summed E-state index contributed by atoms with van der Waals surface area (Å²) in [5.74, 6) is -0.672. The van der Waals surface area contributed by atoms with Gasteiger partial charge in [-0.05, 0) is 31.7 Å².